The number of aryl methyl sites for hydroxylation is 1. The molecule has 214 valence electrons. The minimum absolute atomic E-state index is 0.0370. The minimum Gasteiger partial charge on any atom is -0.497 e. The van der Waals surface area contributed by atoms with Gasteiger partial charge < -0.3 is 15.0 Å². The summed E-state index contributed by atoms with van der Waals surface area (Å²) in [6.45, 7) is 6.87. The van der Waals surface area contributed by atoms with Gasteiger partial charge in [-0.05, 0) is 62.2 Å². The largest absolute Gasteiger partial charge is 0.497 e. The number of hydrogen-bond donors (Lipinski definition) is 1. The molecule has 0 bridgehead atoms. The van der Waals surface area contributed by atoms with Crippen LogP contribution in [0.5, 0.6) is 5.75 Å². The average Bonchev–Trinajstić information content (AvgIpc) is 2.94. The number of ether oxygens (including phenoxy) is 1. The Bertz CT molecular complexity index is 1410. The summed E-state index contributed by atoms with van der Waals surface area (Å²) >= 11 is 0. The van der Waals surface area contributed by atoms with E-state index in [2.05, 4.69) is 5.32 Å². The fourth-order valence-electron chi connectivity index (χ4n) is 3.96. The van der Waals surface area contributed by atoms with E-state index >= 15 is 0 Å². The number of carbonyl (C=O) groups excluding carboxylic acids is 2. The lowest BCUT2D eigenvalue weighted by Gasteiger charge is -2.32. The van der Waals surface area contributed by atoms with E-state index in [0.717, 1.165) is 9.87 Å². The number of nitrogens with zero attached hydrogens (tertiary/aromatic N) is 2. The summed E-state index contributed by atoms with van der Waals surface area (Å²) < 4.78 is 48.5. The van der Waals surface area contributed by atoms with E-state index < -0.39 is 40.2 Å². The molecular weight excluding hydrogens is 533 g/mol. The van der Waals surface area contributed by atoms with Crippen LogP contribution in [0.1, 0.15) is 31.9 Å². The van der Waals surface area contributed by atoms with E-state index in [1.807, 2.05) is 20.8 Å². The zero-order chi connectivity index (χ0) is 29.4. The second kappa shape index (κ2) is 13.4. The van der Waals surface area contributed by atoms with Gasteiger partial charge in [-0.1, -0.05) is 49.7 Å². The number of anilines is 1. The lowest BCUT2D eigenvalue weighted by atomic mass is 10.1. The fourth-order valence-corrected chi connectivity index (χ4v) is 5.37. The van der Waals surface area contributed by atoms with Crippen molar-refractivity contribution < 1.29 is 27.1 Å². The Kier molecular flexibility index (Phi) is 10.3. The molecule has 0 fully saturated rings. The van der Waals surface area contributed by atoms with Crippen LogP contribution in [-0.4, -0.2) is 51.4 Å². The highest BCUT2D eigenvalue weighted by molar-refractivity contribution is 7.92. The molecule has 1 unspecified atom stereocenters. The first-order chi connectivity index (χ1) is 18.9. The number of sulfonamides is 1. The average molecular weight is 570 g/mol. The van der Waals surface area contributed by atoms with E-state index in [1.54, 1.807) is 37.3 Å². The van der Waals surface area contributed by atoms with E-state index in [1.165, 1.54) is 54.5 Å². The molecule has 3 aromatic carbocycles. The molecule has 3 aromatic rings. The molecule has 1 atom stereocenters. The Hall–Kier alpha value is -3.92. The molecule has 0 aromatic heterocycles. The lowest BCUT2D eigenvalue weighted by Crippen LogP contribution is -2.51. The van der Waals surface area contributed by atoms with Crippen LogP contribution in [0.2, 0.25) is 0 Å². The summed E-state index contributed by atoms with van der Waals surface area (Å²) in [4.78, 5) is 28.0. The lowest BCUT2D eigenvalue weighted by molar-refractivity contribution is -0.139. The van der Waals surface area contributed by atoms with Gasteiger partial charge in [0.25, 0.3) is 10.0 Å². The molecule has 10 heteroatoms. The van der Waals surface area contributed by atoms with E-state index in [0.29, 0.717) is 12.3 Å². The molecule has 40 heavy (non-hydrogen) atoms. The summed E-state index contributed by atoms with van der Waals surface area (Å²) in [7, 11) is -2.74. The van der Waals surface area contributed by atoms with Crippen molar-refractivity contribution in [3.05, 3.63) is 89.7 Å². The summed E-state index contributed by atoms with van der Waals surface area (Å²) in [5.74, 6) is -0.949. The van der Waals surface area contributed by atoms with Crippen molar-refractivity contribution in [3.63, 3.8) is 0 Å². The van der Waals surface area contributed by atoms with Crippen molar-refractivity contribution in [2.75, 3.05) is 24.5 Å². The molecule has 1 N–H and O–H groups in total. The minimum atomic E-state index is -4.21. The first-order valence-electron chi connectivity index (χ1n) is 13.0. The van der Waals surface area contributed by atoms with Gasteiger partial charge in [-0.2, -0.15) is 0 Å². The van der Waals surface area contributed by atoms with Crippen molar-refractivity contribution in [2.24, 2.45) is 5.92 Å². The number of benzene rings is 3. The Morgan fingerprint density at radius 1 is 0.950 bits per heavy atom. The molecule has 8 nitrogen and oxygen atoms in total. The molecule has 0 heterocycles. The van der Waals surface area contributed by atoms with Crippen LogP contribution >= 0.6 is 0 Å². The third-order valence-electron chi connectivity index (χ3n) is 6.40. The molecule has 3 rings (SSSR count). The van der Waals surface area contributed by atoms with Gasteiger partial charge in [0, 0.05) is 18.7 Å². The van der Waals surface area contributed by atoms with Gasteiger partial charge in [-0.25, -0.2) is 12.8 Å². The quantitative estimate of drug-likeness (QED) is 0.346. The zero-order valence-electron chi connectivity index (χ0n) is 23.4. The van der Waals surface area contributed by atoms with Crippen molar-refractivity contribution in [1.29, 1.82) is 0 Å². The maximum Gasteiger partial charge on any atom is 0.264 e. The topological polar surface area (TPSA) is 96.0 Å². The first-order valence-corrected chi connectivity index (χ1v) is 14.4. The highest BCUT2D eigenvalue weighted by Crippen LogP contribution is 2.26. The Morgan fingerprint density at radius 3 is 2.15 bits per heavy atom. The predicted molar refractivity (Wildman–Crippen MR) is 153 cm³/mol. The maximum atomic E-state index is 14.6. The molecule has 0 saturated carbocycles. The Morgan fingerprint density at radius 2 is 1.57 bits per heavy atom. The van der Waals surface area contributed by atoms with Crippen LogP contribution in [0.25, 0.3) is 0 Å². The molecular formula is C30H36FN3O5S. The van der Waals surface area contributed by atoms with Crippen LogP contribution in [0, 0.1) is 18.7 Å². The second-order valence-electron chi connectivity index (χ2n) is 9.95. The van der Waals surface area contributed by atoms with Crippen molar-refractivity contribution in [2.45, 2.75) is 45.2 Å². The van der Waals surface area contributed by atoms with Gasteiger partial charge in [0.2, 0.25) is 11.8 Å². The standard InChI is InChI=1S/C30H36FN3O5S/c1-21(2)18-32-30(36)23(4)33(19-24-8-6-7-9-28(24)31)29(35)20-34(25-12-10-22(3)11-13-25)40(37,38)27-16-14-26(39-5)15-17-27/h6-17,21,23H,18-20H2,1-5H3,(H,32,36). The van der Waals surface area contributed by atoms with Crippen molar-refractivity contribution in [1.82, 2.24) is 10.2 Å². The highest BCUT2D eigenvalue weighted by atomic mass is 32.2. The number of carbonyl (C=O) groups is 2. The number of halogens is 1. The summed E-state index contributed by atoms with van der Waals surface area (Å²) in [5, 5.41) is 2.81. The van der Waals surface area contributed by atoms with Crippen molar-refractivity contribution >= 4 is 27.5 Å². The summed E-state index contributed by atoms with van der Waals surface area (Å²) in [6, 6.07) is 17.5. The van der Waals surface area contributed by atoms with Gasteiger partial charge in [-0.3, -0.25) is 13.9 Å². The van der Waals surface area contributed by atoms with Gasteiger partial charge in [0.15, 0.2) is 0 Å². The third-order valence-corrected chi connectivity index (χ3v) is 8.19. The Balaban J connectivity index is 2.02. The molecule has 0 aliphatic heterocycles. The van der Waals surface area contributed by atoms with Crippen LogP contribution in [0.3, 0.4) is 0 Å². The number of rotatable bonds is 12. The second-order valence-corrected chi connectivity index (χ2v) is 11.8. The highest BCUT2D eigenvalue weighted by Gasteiger charge is 2.33. The van der Waals surface area contributed by atoms with Crippen LogP contribution in [0.4, 0.5) is 10.1 Å². The number of methoxy groups -OCH3 is 1. The van der Waals surface area contributed by atoms with Crippen LogP contribution in [-0.2, 0) is 26.2 Å². The normalized spacial score (nSPS) is 12.1. The fraction of sp³-hybridized carbons (Fsp3) is 0.333. The van der Waals surface area contributed by atoms with Gasteiger partial charge in [-0.15, -0.1) is 0 Å². The predicted octanol–water partition coefficient (Wildman–Crippen LogP) is 4.53. The summed E-state index contributed by atoms with van der Waals surface area (Å²) in [5.41, 5.74) is 1.39. The zero-order valence-corrected chi connectivity index (χ0v) is 24.2. The van der Waals surface area contributed by atoms with Gasteiger partial charge in [0.1, 0.15) is 24.2 Å². The maximum absolute atomic E-state index is 14.6. The molecule has 0 aliphatic carbocycles. The summed E-state index contributed by atoms with van der Waals surface area (Å²) in [6.07, 6.45) is 0. The molecule has 0 saturated heterocycles. The van der Waals surface area contributed by atoms with Gasteiger partial charge in [0.05, 0.1) is 17.7 Å². The SMILES string of the molecule is COc1ccc(S(=O)(=O)N(CC(=O)N(Cc2ccccc2F)C(C)C(=O)NCC(C)C)c2ccc(C)cc2)cc1. The number of hydrogen-bond acceptors (Lipinski definition) is 5. The van der Waals surface area contributed by atoms with Crippen LogP contribution < -0.4 is 14.4 Å². The van der Waals surface area contributed by atoms with Crippen molar-refractivity contribution in [3.8, 4) is 5.75 Å². The van der Waals surface area contributed by atoms with Crippen LogP contribution in [0.15, 0.2) is 77.7 Å². The molecule has 2 amide bonds. The number of amides is 2. The number of nitrogens with one attached hydrogen (secondary N) is 1. The first kappa shape index (κ1) is 30.6. The molecule has 0 radical (unpaired) electrons. The monoisotopic (exact) mass is 569 g/mol. The van der Waals surface area contributed by atoms with E-state index in [9.17, 15) is 22.4 Å². The van der Waals surface area contributed by atoms with E-state index in [4.69, 9.17) is 4.74 Å². The Labute approximate surface area is 235 Å². The molecule has 0 aliphatic rings. The third kappa shape index (κ3) is 7.59. The smallest absolute Gasteiger partial charge is 0.264 e. The van der Waals surface area contributed by atoms with Gasteiger partial charge >= 0.3 is 0 Å². The van der Waals surface area contributed by atoms with E-state index in [-0.39, 0.29) is 28.6 Å². The molecule has 0 spiro atoms.